The van der Waals surface area contributed by atoms with E-state index in [1.165, 1.54) is 12.1 Å². The molecule has 2 aromatic carbocycles. The van der Waals surface area contributed by atoms with Crippen LogP contribution in [0.15, 0.2) is 48.7 Å². The van der Waals surface area contributed by atoms with Crippen molar-refractivity contribution in [3.63, 3.8) is 0 Å². The second-order valence-corrected chi connectivity index (χ2v) is 5.14. The lowest BCUT2D eigenvalue weighted by Gasteiger charge is -2.07. The predicted molar refractivity (Wildman–Crippen MR) is 78.0 cm³/mol. The van der Waals surface area contributed by atoms with E-state index in [4.69, 9.17) is 0 Å². The molecule has 0 saturated carbocycles. The van der Waals surface area contributed by atoms with Crippen LogP contribution in [-0.2, 0) is 6.54 Å². The van der Waals surface area contributed by atoms with Gasteiger partial charge in [-0.3, -0.25) is 0 Å². The van der Waals surface area contributed by atoms with Gasteiger partial charge in [0, 0.05) is 34.3 Å². The molecule has 0 radical (unpaired) electrons. The van der Waals surface area contributed by atoms with E-state index in [1.54, 1.807) is 6.92 Å². The first kappa shape index (κ1) is 13.8. The lowest BCUT2D eigenvalue weighted by molar-refractivity contribution is 0.200. The van der Waals surface area contributed by atoms with Crippen LogP contribution in [-0.4, -0.2) is 9.67 Å². The smallest absolute Gasteiger partial charge is 0.131 e. The number of hydrogen-bond acceptors (Lipinski definition) is 1. The average Bonchev–Trinajstić information content (AvgIpc) is 2.81. The van der Waals surface area contributed by atoms with Gasteiger partial charge in [-0.25, -0.2) is 8.78 Å². The number of aliphatic hydroxyl groups excluding tert-OH is 1. The van der Waals surface area contributed by atoms with Crippen molar-refractivity contribution in [3.8, 4) is 0 Å². The fourth-order valence-electron chi connectivity index (χ4n) is 2.57. The van der Waals surface area contributed by atoms with Crippen LogP contribution >= 0.6 is 0 Å². The normalized spacial score (nSPS) is 12.8. The number of fused-ring (bicyclic) bond motifs is 1. The molecule has 1 N–H and O–H groups in total. The summed E-state index contributed by atoms with van der Waals surface area (Å²) >= 11 is 0. The average molecular weight is 287 g/mol. The Morgan fingerprint density at radius 1 is 1.14 bits per heavy atom. The minimum atomic E-state index is -0.603. The molecule has 21 heavy (non-hydrogen) atoms. The van der Waals surface area contributed by atoms with Crippen molar-refractivity contribution in [2.24, 2.45) is 0 Å². The van der Waals surface area contributed by atoms with Gasteiger partial charge in [0.05, 0.1) is 12.6 Å². The molecule has 1 heterocycles. The Bertz CT molecular complexity index is 793. The fourth-order valence-corrected chi connectivity index (χ4v) is 2.57. The maximum absolute atomic E-state index is 13.8. The molecule has 0 aliphatic heterocycles. The topological polar surface area (TPSA) is 25.2 Å². The van der Waals surface area contributed by atoms with Gasteiger partial charge in [0.1, 0.15) is 11.6 Å². The molecule has 4 heteroatoms. The standard InChI is InChI=1S/C17H15F2NO/c1-11(21)15-10-20(17-5-3-2-4-14(15)17)9-12-6-7-13(18)8-16(12)19/h2-8,10-11,21H,9H2,1H3. The molecule has 3 aromatic rings. The quantitative estimate of drug-likeness (QED) is 0.773. The first-order chi connectivity index (χ1) is 10.1. The van der Waals surface area contributed by atoms with Crippen LogP contribution in [0.5, 0.6) is 0 Å². The van der Waals surface area contributed by atoms with Crippen molar-refractivity contribution < 1.29 is 13.9 Å². The molecule has 2 nitrogen and oxygen atoms in total. The summed E-state index contributed by atoms with van der Waals surface area (Å²) in [4.78, 5) is 0. The molecular weight excluding hydrogens is 272 g/mol. The lowest BCUT2D eigenvalue weighted by atomic mass is 10.1. The summed E-state index contributed by atoms with van der Waals surface area (Å²) in [6, 6.07) is 11.2. The number of benzene rings is 2. The van der Waals surface area contributed by atoms with E-state index in [1.807, 2.05) is 35.0 Å². The molecular formula is C17H15F2NO. The van der Waals surface area contributed by atoms with Crippen LogP contribution in [0, 0.1) is 11.6 Å². The van der Waals surface area contributed by atoms with Crippen LogP contribution in [0.4, 0.5) is 8.78 Å². The van der Waals surface area contributed by atoms with Crippen LogP contribution in [0.25, 0.3) is 10.9 Å². The summed E-state index contributed by atoms with van der Waals surface area (Å²) in [7, 11) is 0. The van der Waals surface area contributed by atoms with Crippen LogP contribution in [0.1, 0.15) is 24.2 Å². The highest BCUT2D eigenvalue weighted by Gasteiger charge is 2.13. The number of para-hydroxylation sites is 1. The van der Waals surface area contributed by atoms with Crippen molar-refractivity contribution in [2.45, 2.75) is 19.6 Å². The number of halogens is 2. The molecule has 0 saturated heterocycles. The third-order valence-electron chi connectivity index (χ3n) is 3.63. The summed E-state index contributed by atoms with van der Waals surface area (Å²) in [5, 5.41) is 10.8. The second kappa shape index (κ2) is 5.30. The number of aromatic nitrogens is 1. The maximum Gasteiger partial charge on any atom is 0.131 e. The summed E-state index contributed by atoms with van der Waals surface area (Å²) in [5.74, 6) is -1.15. The SMILES string of the molecule is CC(O)c1cn(Cc2ccc(F)cc2F)c2ccccc12. The molecule has 0 bridgehead atoms. The van der Waals surface area contributed by atoms with Crippen LogP contribution in [0.3, 0.4) is 0 Å². The lowest BCUT2D eigenvalue weighted by Crippen LogP contribution is -2.01. The molecule has 1 unspecified atom stereocenters. The fraction of sp³-hybridized carbons (Fsp3) is 0.176. The van der Waals surface area contributed by atoms with E-state index in [0.29, 0.717) is 12.1 Å². The third-order valence-corrected chi connectivity index (χ3v) is 3.63. The number of nitrogens with zero attached hydrogens (tertiary/aromatic N) is 1. The van der Waals surface area contributed by atoms with Crippen LogP contribution in [0.2, 0.25) is 0 Å². The zero-order chi connectivity index (χ0) is 15.0. The van der Waals surface area contributed by atoms with Gasteiger partial charge in [-0.1, -0.05) is 24.3 Å². The highest BCUT2D eigenvalue weighted by Crippen LogP contribution is 2.27. The Hall–Kier alpha value is -2.20. The number of aliphatic hydroxyl groups is 1. The first-order valence-electron chi connectivity index (χ1n) is 6.76. The zero-order valence-corrected chi connectivity index (χ0v) is 11.6. The first-order valence-corrected chi connectivity index (χ1v) is 6.76. The van der Waals surface area contributed by atoms with Gasteiger partial charge in [0.25, 0.3) is 0 Å². The van der Waals surface area contributed by atoms with Crippen molar-refractivity contribution in [2.75, 3.05) is 0 Å². The highest BCUT2D eigenvalue weighted by atomic mass is 19.1. The number of rotatable bonds is 3. The minimum absolute atomic E-state index is 0.291. The summed E-state index contributed by atoms with van der Waals surface area (Å²) < 4.78 is 28.6. The Morgan fingerprint density at radius 3 is 2.62 bits per heavy atom. The molecule has 0 aliphatic carbocycles. The van der Waals surface area contributed by atoms with Crippen molar-refractivity contribution >= 4 is 10.9 Å². The van der Waals surface area contributed by atoms with Crippen LogP contribution < -0.4 is 0 Å². The second-order valence-electron chi connectivity index (χ2n) is 5.14. The molecule has 0 fully saturated rings. The van der Waals surface area contributed by atoms with Gasteiger partial charge in [-0.2, -0.15) is 0 Å². The minimum Gasteiger partial charge on any atom is -0.389 e. The van der Waals surface area contributed by atoms with E-state index in [-0.39, 0.29) is 0 Å². The third kappa shape index (κ3) is 2.54. The molecule has 0 spiro atoms. The van der Waals surface area contributed by atoms with Crippen molar-refractivity contribution in [3.05, 3.63) is 71.4 Å². The van der Waals surface area contributed by atoms with Gasteiger partial charge in [0.15, 0.2) is 0 Å². The monoisotopic (exact) mass is 287 g/mol. The van der Waals surface area contributed by atoms with Gasteiger partial charge in [-0.05, 0) is 19.1 Å². The van der Waals surface area contributed by atoms with Gasteiger partial charge < -0.3 is 9.67 Å². The molecule has 3 rings (SSSR count). The highest BCUT2D eigenvalue weighted by molar-refractivity contribution is 5.84. The van der Waals surface area contributed by atoms with Gasteiger partial charge in [0.2, 0.25) is 0 Å². The van der Waals surface area contributed by atoms with E-state index >= 15 is 0 Å². The Balaban J connectivity index is 2.08. The Labute approximate surface area is 121 Å². The van der Waals surface area contributed by atoms with Crippen molar-refractivity contribution in [1.82, 2.24) is 4.57 Å². The predicted octanol–water partition coefficient (Wildman–Crippen LogP) is 4.02. The van der Waals surface area contributed by atoms with E-state index in [9.17, 15) is 13.9 Å². The molecule has 1 atom stereocenters. The molecule has 108 valence electrons. The van der Waals surface area contributed by atoms with Gasteiger partial charge in [-0.15, -0.1) is 0 Å². The van der Waals surface area contributed by atoms with Crippen molar-refractivity contribution in [1.29, 1.82) is 0 Å². The van der Waals surface area contributed by atoms with E-state index in [2.05, 4.69) is 0 Å². The summed E-state index contributed by atoms with van der Waals surface area (Å²) in [6.45, 7) is 1.99. The molecule has 0 amide bonds. The number of hydrogen-bond donors (Lipinski definition) is 1. The summed E-state index contributed by atoms with van der Waals surface area (Å²) in [5.41, 5.74) is 2.12. The van der Waals surface area contributed by atoms with E-state index < -0.39 is 17.7 Å². The maximum atomic E-state index is 13.8. The van der Waals surface area contributed by atoms with Gasteiger partial charge >= 0.3 is 0 Å². The zero-order valence-electron chi connectivity index (χ0n) is 11.6. The van der Waals surface area contributed by atoms with E-state index in [0.717, 1.165) is 22.5 Å². The Kier molecular flexibility index (Phi) is 3.47. The molecule has 1 aromatic heterocycles. The largest absolute Gasteiger partial charge is 0.389 e. The Morgan fingerprint density at radius 2 is 1.90 bits per heavy atom. The summed E-state index contributed by atoms with van der Waals surface area (Å²) in [6.07, 6.45) is 1.22. The molecule has 0 aliphatic rings.